The van der Waals surface area contributed by atoms with Gasteiger partial charge in [-0.15, -0.1) is 11.3 Å². The van der Waals surface area contributed by atoms with Crippen LogP contribution in [-0.2, 0) is 4.84 Å². The molecule has 2 amide bonds. The molecule has 5 nitrogen and oxygen atoms in total. The van der Waals surface area contributed by atoms with Gasteiger partial charge in [0.1, 0.15) is 0 Å². The number of likely N-dealkylation sites (tertiary alicyclic amines) is 1. The minimum atomic E-state index is -0.174. The average molecular weight is 326 g/mol. The van der Waals surface area contributed by atoms with Crippen molar-refractivity contribution >= 4 is 39.2 Å². The number of thiazole rings is 1. The lowest BCUT2D eigenvalue weighted by atomic mass is 9.98. The van der Waals surface area contributed by atoms with Crippen molar-refractivity contribution < 1.29 is 9.63 Å². The monoisotopic (exact) mass is 325 g/mol. The number of rotatable bonds is 2. The van der Waals surface area contributed by atoms with Gasteiger partial charge < -0.3 is 4.90 Å². The second-order valence-electron chi connectivity index (χ2n) is 5.04. The molecule has 0 atom stereocenters. The van der Waals surface area contributed by atoms with Crippen molar-refractivity contribution in [1.82, 2.24) is 15.4 Å². The van der Waals surface area contributed by atoms with Crippen LogP contribution in [0, 0.1) is 0 Å². The van der Waals surface area contributed by atoms with Crippen LogP contribution in [0.1, 0.15) is 23.8 Å². The van der Waals surface area contributed by atoms with Crippen LogP contribution in [0.3, 0.4) is 0 Å². The maximum atomic E-state index is 11.7. The van der Waals surface area contributed by atoms with Gasteiger partial charge in [-0.25, -0.2) is 15.3 Å². The highest BCUT2D eigenvalue weighted by atomic mass is 35.5. The van der Waals surface area contributed by atoms with E-state index in [0.717, 1.165) is 41.2 Å². The molecule has 7 heteroatoms. The summed E-state index contributed by atoms with van der Waals surface area (Å²) >= 11 is 7.72. The molecule has 0 bridgehead atoms. The Morgan fingerprint density at radius 1 is 1.48 bits per heavy atom. The molecule has 1 fully saturated rings. The third kappa shape index (κ3) is 3.12. The number of hydrogen-bond acceptors (Lipinski definition) is 4. The lowest BCUT2D eigenvalue weighted by molar-refractivity contribution is 0.0818. The normalized spacial score (nSPS) is 16.4. The summed E-state index contributed by atoms with van der Waals surface area (Å²) in [6, 6.07) is 5.63. The molecule has 0 aliphatic carbocycles. The zero-order chi connectivity index (χ0) is 14.8. The molecule has 1 saturated heterocycles. The molecule has 0 saturated carbocycles. The molecule has 1 aromatic heterocycles. The first kappa shape index (κ1) is 14.6. The Hall–Kier alpha value is -1.37. The molecule has 1 aliphatic rings. The molecule has 21 heavy (non-hydrogen) atoms. The fourth-order valence-electron chi connectivity index (χ4n) is 2.57. The smallest absolute Gasteiger partial charge is 0.323 e. The molecule has 2 heterocycles. The predicted molar refractivity (Wildman–Crippen MR) is 83.7 cm³/mol. The number of amides is 2. The molecule has 1 aliphatic heterocycles. The number of nitrogens with zero attached hydrogens (tertiary/aromatic N) is 2. The summed E-state index contributed by atoms with van der Waals surface area (Å²) in [5.74, 6) is 0.410. The first-order valence-corrected chi connectivity index (χ1v) is 8.00. The van der Waals surface area contributed by atoms with E-state index in [4.69, 9.17) is 16.6 Å². The van der Waals surface area contributed by atoms with Gasteiger partial charge in [0, 0.05) is 24.0 Å². The summed E-state index contributed by atoms with van der Waals surface area (Å²) in [4.78, 5) is 22.8. The van der Waals surface area contributed by atoms with Crippen LogP contribution >= 0.6 is 22.9 Å². The molecule has 3 rings (SSSR count). The van der Waals surface area contributed by atoms with E-state index < -0.39 is 0 Å². The summed E-state index contributed by atoms with van der Waals surface area (Å²) in [7, 11) is 1.44. The molecule has 2 aromatic rings. The Bertz CT molecular complexity index is 653. The van der Waals surface area contributed by atoms with Gasteiger partial charge in [0.25, 0.3) is 0 Å². The summed E-state index contributed by atoms with van der Waals surface area (Å²) in [5, 5.41) is 1.85. The van der Waals surface area contributed by atoms with Crippen LogP contribution in [0.2, 0.25) is 5.02 Å². The number of benzene rings is 1. The third-order valence-corrected chi connectivity index (χ3v) is 5.12. The largest absolute Gasteiger partial charge is 0.341 e. The number of fused-ring (bicyclic) bond motifs is 1. The highest BCUT2D eigenvalue weighted by molar-refractivity contribution is 7.18. The summed E-state index contributed by atoms with van der Waals surface area (Å²) in [6.07, 6.45) is 1.84. The Labute approximate surface area is 131 Å². The van der Waals surface area contributed by atoms with Crippen LogP contribution in [0.5, 0.6) is 0 Å². The van der Waals surface area contributed by atoms with E-state index in [1.807, 2.05) is 18.2 Å². The second kappa shape index (κ2) is 6.17. The number of aromatic nitrogens is 1. The Kier molecular flexibility index (Phi) is 4.28. The first-order valence-electron chi connectivity index (χ1n) is 6.81. The number of piperidine rings is 1. The first-order chi connectivity index (χ1) is 10.2. The number of urea groups is 1. The quantitative estimate of drug-likeness (QED) is 0.861. The maximum Gasteiger partial charge on any atom is 0.341 e. The number of nitrogens with one attached hydrogen (secondary N) is 1. The van der Waals surface area contributed by atoms with Crippen molar-refractivity contribution in [2.24, 2.45) is 0 Å². The van der Waals surface area contributed by atoms with Gasteiger partial charge in [-0.05, 0) is 31.0 Å². The average Bonchev–Trinajstić information content (AvgIpc) is 2.90. The Morgan fingerprint density at radius 3 is 2.95 bits per heavy atom. The van der Waals surface area contributed by atoms with E-state index >= 15 is 0 Å². The van der Waals surface area contributed by atoms with Crippen LogP contribution in [0.4, 0.5) is 4.79 Å². The van der Waals surface area contributed by atoms with Crippen molar-refractivity contribution in [1.29, 1.82) is 0 Å². The van der Waals surface area contributed by atoms with Gasteiger partial charge in [-0.2, -0.15) is 0 Å². The molecule has 0 radical (unpaired) electrons. The van der Waals surface area contributed by atoms with Gasteiger partial charge in [0.05, 0.1) is 22.3 Å². The zero-order valence-corrected chi connectivity index (χ0v) is 13.2. The maximum absolute atomic E-state index is 11.7. The predicted octanol–water partition coefficient (Wildman–Crippen LogP) is 3.40. The van der Waals surface area contributed by atoms with Crippen LogP contribution in [0.25, 0.3) is 10.2 Å². The van der Waals surface area contributed by atoms with Crippen molar-refractivity contribution in [2.45, 2.75) is 18.8 Å². The molecule has 1 N–H and O–H groups in total. The van der Waals surface area contributed by atoms with E-state index in [1.165, 1.54) is 7.11 Å². The van der Waals surface area contributed by atoms with Crippen molar-refractivity contribution in [3.05, 3.63) is 28.2 Å². The standard InChI is InChI=1S/C14H16ClN3O2S/c1-20-17-14(19)18-6-4-9(5-7-18)13-16-11-8-10(15)2-3-12(11)21-13/h2-3,8-9H,4-7H2,1H3,(H,17,19). The highest BCUT2D eigenvalue weighted by Gasteiger charge is 2.25. The van der Waals surface area contributed by atoms with E-state index in [1.54, 1.807) is 16.2 Å². The number of hydrogen-bond donors (Lipinski definition) is 1. The van der Waals surface area contributed by atoms with E-state index in [9.17, 15) is 4.79 Å². The molecule has 112 valence electrons. The summed E-state index contributed by atoms with van der Waals surface area (Å²) in [5.41, 5.74) is 3.32. The van der Waals surface area contributed by atoms with Gasteiger partial charge in [0.2, 0.25) is 0 Å². The minimum absolute atomic E-state index is 0.174. The Balaban J connectivity index is 1.69. The Morgan fingerprint density at radius 2 is 2.24 bits per heavy atom. The number of hydroxylamine groups is 1. The van der Waals surface area contributed by atoms with Gasteiger partial charge in [-0.1, -0.05) is 11.6 Å². The summed E-state index contributed by atoms with van der Waals surface area (Å²) < 4.78 is 1.16. The zero-order valence-electron chi connectivity index (χ0n) is 11.6. The van der Waals surface area contributed by atoms with Crippen molar-refractivity contribution in [2.75, 3.05) is 20.2 Å². The van der Waals surface area contributed by atoms with Gasteiger partial charge in [0.15, 0.2) is 0 Å². The minimum Gasteiger partial charge on any atom is -0.323 e. The second-order valence-corrected chi connectivity index (χ2v) is 6.54. The highest BCUT2D eigenvalue weighted by Crippen LogP contribution is 2.34. The topological polar surface area (TPSA) is 54.5 Å². The molecular formula is C14H16ClN3O2S. The molecule has 1 aromatic carbocycles. The van der Waals surface area contributed by atoms with Crippen LogP contribution in [0.15, 0.2) is 18.2 Å². The van der Waals surface area contributed by atoms with Crippen LogP contribution < -0.4 is 5.48 Å². The number of carbonyl (C=O) groups excluding carboxylic acids is 1. The number of carbonyl (C=O) groups is 1. The fourth-order valence-corrected chi connectivity index (χ4v) is 3.86. The van der Waals surface area contributed by atoms with Crippen molar-refractivity contribution in [3.8, 4) is 0 Å². The molecule has 0 spiro atoms. The third-order valence-electron chi connectivity index (χ3n) is 3.69. The van der Waals surface area contributed by atoms with E-state index in [-0.39, 0.29) is 6.03 Å². The molecular weight excluding hydrogens is 310 g/mol. The lowest BCUT2D eigenvalue weighted by Crippen LogP contribution is -2.43. The fraction of sp³-hybridized carbons (Fsp3) is 0.429. The van der Waals surface area contributed by atoms with Crippen molar-refractivity contribution in [3.63, 3.8) is 0 Å². The van der Waals surface area contributed by atoms with E-state index in [2.05, 4.69) is 10.3 Å². The summed E-state index contributed by atoms with van der Waals surface area (Å²) in [6.45, 7) is 1.44. The van der Waals surface area contributed by atoms with E-state index in [0.29, 0.717) is 10.9 Å². The number of halogens is 1. The molecule has 0 unspecified atom stereocenters. The van der Waals surface area contributed by atoms with Gasteiger partial charge >= 0.3 is 6.03 Å². The SMILES string of the molecule is CONC(=O)N1CCC(c2nc3cc(Cl)ccc3s2)CC1. The van der Waals surface area contributed by atoms with Gasteiger partial charge in [-0.3, -0.25) is 4.84 Å². The lowest BCUT2D eigenvalue weighted by Gasteiger charge is -2.30. The van der Waals surface area contributed by atoms with Crippen LogP contribution in [-0.4, -0.2) is 36.1 Å².